The van der Waals surface area contributed by atoms with Crippen LogP contribution in [0.4, 0.5) is 17.5 Å². The van der Waals surface area contributed by atoms with Gasteiger partial charge in [-0.1, -0.05) is 36.4 Å². The Bertz CT molecular complexity index is 930. The minimum Gasteiger partial charge on any atom is -0.496 e. The van der Waals surface area contributed by atoms with Crippen molar-refractivity contribution in [3.8, 4) is 5.75 Å². The van der Waals surface area contributed by atoms with Crippen molar-refractivity contribution in [1.82, 2.24) is 15.2 Å². The summed E-state index contributed by atoms with van der Waals surface area (Å²) >= 11 is 0. The highest BCUT2D eigenvalue weighted by molar-refractivity contribution is 5.67. The summed E-state index contributed by atoms with van der Waals surface area (Å²) < 4.78 is 5.41. The zero-order valence-electron chi connectivity index (χ0n) is 15.6. The zero-order valence-corrected chi connectivity index (χ0v) is 15.6. The van der Waals surface area contributed by atoms with Crippen LogP contribution in [0.25, 0.3) is 0 Å². The van der Waals surface area contributed by atoms with E-state index in [1.165, 1.54) is 5.56 Å². The van der Waals surface area contributed by atoms with Gasteiger partial charge in [0.05, 0.1) is 13.3 Å². The summed E-state index contributed by atoms with van der Waals surface area (Å²) in [5, 5.41) is 11.8. The van der Waals surface area contributed by atoms with E-state index in [1.807, 2.05) is 24.3 Å². The second-order valence-electron chi connectivity index (χ2n) is 6.68. The van der Waals surface area contributed by atoms with Gasteiger partial charge in [0.2, 0.25) is 0 Å². The number of nitrogens with zero attached hydrogens (tertiary/aromatic N) is 4. The topological polar surface area (TPSA) is 63.2 Å². The Balaban J connectivity index is 1.47. The molecule has 0 saturated carbocycles. The smallest absolute Gasteiger partial charge is 0.252 e. The fraction of sp³-hybridized carbons (Fsp3) is 0.286. The summed E-state index contributed by atoms with van der Waals surface area (Å²) in [6, 6.07) is 16.8. The van der Waals surface area contributed by atoms with Gasteiger partial charge in [-0.25, -0.2) is 0 Å². The number of hydrogen-bond acceptors (Lipinski definition) is 6. The summed E-state index contributed by atoms with van der Waals surface area (Å²) in [4.78, 5) is 6.85. The first-order valence-corrected chi connectivity index (χ1v) is 9.19. The van der Waals surface area contributed by atoms with E-state index in [9.17, 15) is 0 Å². The molecule has 0 bridgehead atoms. The number of para-hydroxylation sites is 2. The third-order valence-electron chi connectivity index (χ3n) is 4.86. The van der Waals surface area contributed by atoms with Crippen LogP contribution in [0.5, 0.6) is 5.75 Å². The standard InChI is InChI=1S/C21H23N5O/c1-15-13-17-8-3-5-9-18(17)26(15)21-24-20(14-23-25-21)22-12-11-16-7-4-6-10-19(16)27-2/h3-10,14-15H,11-13H2,1-2H3,(H,22,24,25). The lowest BCUT2D eigenvalue weighted by molar-refractivity contribution is 0.410. The molecular weight excluding hydrogens is 338 g/mol. The fourth-order valence-electron chi connectivity index (χ4n) is 3.59. The molecule has 1 aliphatic heterocycles. The van der Waals surface area contributed by atoms with Crippen LogP contribution >= 0.6 is 0 Å². The zero-order chi connectivity index (χ0) is 18.6. The van der Waals surface area contributed by atoms with E-state index < -0.39 is 0 Å². The first-order chi connectivity index (χ1) is 13.3. The van der Waals surface area contributed by atoms with Crippen molar-refractivity contribution >= 4 is 17.5 Å². The van der Waals surface area contributed by atoms with Crippen LogP contribution in [-0.2, 0) is 12.8 Å². The minimum atomic E-state index is 0.313. The second-order valence-corrected chi connectivity index (χ2v) is 6.68. The first-order valence-electron chi connectivity index (χ1n) is 9.19. The molecule has 0 saturated heterocycles. The van der Waals surface area contributed by atoms with Gasteiger partial charge in [0.1, 0.15) is 5.75 Å². The number of benzene rings is 2. The molecule has 6 nitrogen and oxygen atoms in total. The largest absolute Gasteiger partial charge is 0.496 e. The van der Waals surface area contributed by atoms with Crippen LogP contribution in [0, 0.1) is 0 Å². The van der Waals surface area contributed by atoms with E-state index in [2.05, 4.69) is 56.6 Å². The maximum Gasteiger partial charge on any atom is 0.252 e. The van der Waals surface area contributed by atoms with Crippen molar-refractivity contribution in [2.24, 2.45) is 0 Å². The monoisotopic (exact) mass is 361 g/mol. The fourth-order valence-corrected chi connectivity index (χ4v) is 3.59. The summed E-state index contributed by atoms with van der Waals surface area (Å²) in [6.45, 7) is 2.93. The first kappa shape index (κ1) is 17.3. The van der Waals surface area contributed by atoms with Gasteiger partial charge in [-0.05, 0) is 43.0 Å². The van der Waals surface area contributed by atoms with Gasteiger partial charge in [-0.3, -0.25) is 0 Å². The Kier molecular flexibility index (Phi) is 4.87. The van der Waals surface area contributed by atoms with Crippen molar-refractivity contribution < 1.29 is 4.74 Å². The molecule has 1 unspecified atom stereocenters. The van der Waals surface area contributed by atoms with Crippen LogP contribution in [-0.4, -0.2) is 34.9 Å². The lowest BCUT2D eigenvalue weighted by atomic mass is 10.1. The number of anilines is 3. The van der Waals surface area contributed by atoms with Gasteiger partial charge in [-0.15, -0.1) is 5.10 Å². The molecule has 27 heavy (non-hydrogen) atoms. The molecule has 2 heterocycles. The number of fused-ring (bicyclic) bond motifs is 1. The molecule has 0 amide bonds. The van der Waals surface area contributed by atoms with Gasteiger partial charge >= 0.3 is 0 Å². The lowest BCUT2D eigenvalue weighted by Crippen LogP contribution is -2.26. The van der Waals surface area contributed by atoms with Gasteiger partial charge in [-0.2, -0.15) is 10.1 Å². The van der Waals surface area contributed by atoms with Gasteiger partial charge in [0.15, 0.2) is 5.82 Å². The maximum atomic E-state index is 5.41. The maximum absolute atomic E-state index is 5.41. The van der Waals surface area contributed by atoms with Gasteiger partial charge in [0.25, 0.3) is 5.95 Å². The summed E-state index contributed by atoms with van der Waals surface area (Å²) in [5.74, 6) is 2.27. The van der Waals surface area contributed by atoms with E-state index in [0.717, 1.165) is 42.2 Å². The molecule has 1 aromatic heterocycles. The average molecular weight is 361 g/mol. The normalized spacial score (nSPS) is 15.5. The Morgan fingerprint density at radius 2 is 1.96 bits per heavy atom. The van der Waals surface area contributed by atoms with E-state index in [-0.39, 0.29) is 0 Å². The molecule has 2 aromatic carbocycles. The van der Waals surface area contributed by atoms with Crippen LogP contribution in [0.1, 0.15) is 18.1 Å². The highest BCUT2D eigenvalue weighted by Crippen LogP contribution is 2.36. The molecular formula is C21H23N5O. The van der Waals surface area contributed by atoms with Crippen molar-refractivity contribution in [2.75, 3.05) is 23.9 Å². The third-order valence-corrected chi connectivity index (χ3v) is 4.86. The Morgan fingerprint density at radius 1 is 1.15 bits per heavy atom. The van der Waals surface area contributed by atoms with Crippen LogP contribution in [0.15, 0.2) is 54.7 Å². The lowest BCUT2D eigenvalue weighted by Gasteiger charge is -2.22. The van der Waals surface area contributed by atoms with Crippen LogP contribution < -0.4 is 15.0 Å². The Hall–Kier alpha value is -3.15. The molecule has 0 aliphatic carbocycles. The average Bonchev–Trinajstić information content (AvgIpc) is 3.04. The third kappa shape index (κ3) is 3.56. The molecule has 138 valence electrons. The van der Waals surface area contributed by atoms with Crippen LogP contribution in [0.2, 0.25) is 0 Å². The van der Waals surface area contributed by atoms with E-state index in [4.69, 9.17) is 4.74 Å². The molecule has 0 spiro atoms. The highest BCUT2D eigenvalue weighted by Gasteiger charge is 2.29. The molecule has 0 fully saturated rings. The molecule has 0 radical (unpaired) electrons. The molecule has 6 heteroatoms. The predicted molar refractivity (Wildman–Crippen MR) is 107 cm³/mol. The number of aromatic nitrogens is 3. The van der Waals surface area contributed by atoms with E-state index >= 15 is 0 Å². The molecule has 3 aromatic rings. The van der Waals surface area contributed by atoms with E-state index in [0.29, 0.717) is 12.0 Å². The summed E-state index contributed by atoms with van der Waals surface area (Å²) in [5.41, 5.74) is 3.65. The predicted octanol–water partition coefficient (Wildman–Crippen LogP) is 3.62. The van der Waals surface area contributed by atoms with Crippen molar-refractivity contribution in [3.05, 3.63) is 65.9 Å². The molecule has 1 atom stereocenters. The molecule has 1 N–H and O–H groups in total. The minimum absolute atomic E-state index is 0.313. The number of methoxy groups -OCH3 is 1. The van der Waals surface area contributed by atoms with Crippen LogP contribution in [0.3, 0.4) is 0 Å². The number of rotatable bonds is 6. The van der Waals surface area contributed by atoms with Crippen molar-refractivity contribution in [2.45, 2.75) is 25.8 Å². The second kappa shape index (κ2) is 7.61. The SMILES string of the molecule is COc1ccccc1CCNc1cnnc(N2c3ccccc3CC2C)n1. The van der Waals surface area contributed by atoms with Gasteiger partial charge in [0, 0.05) is 18.3 Å². The summed E-state index contributed by atoms with van der Waals surface area (Å²) in [6.07, 6.45) is 3.50. The van der Waals surface area contributed by atoms with Crippen molar-refractivity contribution in [3.63, 3.8) is 0 Å². The summed E-state index contributed by atoms with van der Waals surface area (Å²) in [7, 11) is 1.70. The Morgan fingerprint density at radius 3 is 2.85 bits per heavy atom. The number of hydrogen-bond donors (Lipinski definition) is 1. The number of nitrogens with one attached hydrogen (secondary N) is 1. The molecule has 4 rings (SSSR count). The van der Waals surface area contributed by atoms with Crippen molar-refractivity contribution in [1.29, 1.82) is 0 Å². The Labute approximate surface area is 159 Å². The van der Waals surface area contributed by atoms with Gasteiger partial charge < -0.3 is 15.0 Å². The number of ether oxygens (including phenoxy) is 1. The molecule has 1 aliphatic rings. The van der Waals surface area contributed by atoms with E-state index in [1.54, 1.807) is 13.3 Å². The quantitative estimate of drug-likeness (QED) is 0.723. The highest BCUT2D eigenvalue weighted by atomic mass is 16.5.